The van der Waals surface area contributed by atoms with Crippen LogP contribution in [0.15, 0.2) is 0 Å². The third-order valence-corrected chi connectivity index (χ3v) is 2.74. The van der Waals surface area contributed by atoms with Crippen LogP contribution in [-0.4, -0.2) is 58.6 Å². The smallest absolute Gasteiger partial charge is 0.0701 e. The predicted molar refractivity (Wildman–Crippen MR) is 80.1 cm³/mol. The highest BCUT2D eigenvalue weighted by atomic mass is 35.5. The summed E-state index contributed by atoms with van der Waals surface area (Å²) < 4.78 is 15.6. The maximum Gasteiger partial charge on any atom is 0.0701 e. The van der Waals surface area contributed by atoms with E-state index in [9.17, 15) is 0 Å². The highest BCUT2D eigenvalue weighted by molar-refractivity contribution is 6.20. The third-order valence-electron chi connectivity index (χ3n) is 2.43. The molecule has 0 bridgehead atoms. The van der Waals surface area contributed by atoms with Crippen molar-refractivity contribution in [1.29, 1.82) is 0 Å². The largest absolute Gasteiger partial charge is 0.382 e. The first-order valence-corrected chi connectivity index (χ1v) is 7.38. The van der Waals surface area contributed by atoms with Crippen molar-refractivity contribution in [3.05, 3.63) is 0 Å². The van der Waals surface area contributed by atoms with Crippen LogP contribution in [0.1, 0.15) is 27.2 Å². The zero-order valence-corrected chi connectivity index (χ0v) is 13.6. The Bertz CT molecular complexity index is 198. The number of nitrogens with one attached hydrogen (secondary N) is 1. The van der Waals surface area contributed by atoms with Crippen molar-refractivity contribution in [2.75, 3.05) is 53.2 Å². The van der Waals surface area contributed by atoms with E-state index >= 15 is 0 Å². The first kappa shape index (κ1) is 19.1. The van der Waals surface area contributed by atoms with Crippen LogP contribution in [0.5, 0.6) is 0 Å². The van der Waals surface area contributed by atoms with Gasteiger partial charge < -0.3 is 19.5 Å². The minimum Gasteiger partial charge on any atom is -0.382 e. The maximum absolute atomic E-state index is 6.24. The first-order valence-electron chi connectivity index (χ1n) is 6.95. The van der Waals surface area contributed by atoms with Crippen LogP contribution in [0.4, 0.5) is 0 Å². The Balaban J connectivity index is 3.18. The number of hydrogen-bond acceptors (Lipinski definition) is 4. The normalized spacial score (nSPS) is 13.7. The van der Waals surface area contributed by atoms with Gasteiger partial charge >= 0.3 is 0 Å². The summed E-state index contributed by atoms with van der Waals surface area (Å²) >= 11 is 6.24. The fourth-order valence-corrected chi connectivity index (χ4v) is 2.18. The Labute approximate surface area is 123 Å². The fourth-order valence-electron chi connectivity index (χ4n) is 1.60. The molecule has 0 spiro atoms. The molecule has 0 amide bonds. The second-order valence-corrected chi connectivity index (χ2v) is 6.40. The Kier molecular flexibility index (Phi) is 12.0. The van der Waals surface area contributed by atoms with Gasteiger partial charge in [-0.3, -0.25) is 0 Å². The van der Waals surface area contributed by atoms with Gasteiger partial charge in [-0.2, -0.15) is 0 Å². The lowest BCUT2D eigenvalue weighted by Gasteiger charge is -2.22. The fraction of sp³-hybridized carbons (Fsp3) is 1.00. The molecule has 0 aliphatic rings. The van der Waals surface area contributed by atoms with Crippen molar-refractivity contribution < 1.29 is 14.2 Å². The SMILES string of the molecule is COCCOCCOCCNCC(Cl)CC(C)(C)C. The summed E-state index contributed by atoms with van der Waals surface area (Å²) in [7, 11) is 1.66. The lowest BCUT2D eigenvalue weighted by molar-refractivity contribution is 0.0256. The molecule has 0 aliphatic heterocycles. The molecule has 1 atom stereocenters. The molecule has 5 heteroatoms. The van der Waals surface area contributed by atoms with Crippen molar-refractivity contribution in [2.45, 2.75) is 32.6 Å². The Morgan fingerprint density at radius 3 is 2.16 bits per heavy atom. The number of hydrogen-bond donors (Lipinski definition) is 1. The molecule has 0 aromatic carbocycles. The van der Waals surface area contributed by atoms with E-state index in [1.54, 1.807) is 7.11 Å². The molecule has 0 saturated carbocycles. The van der Waals surface area contributed by atoms with Crippen LogP contribution in [0.25, 0.3) is 0 Å². The topological polar surface area (TPSA) is 39.7 Å². The lowest BCUT2D eigenvalue weighted by atomic mass is 9.90. The highest BCUT2D eigenvalue weighted by Crippen LogP contribution is 2.22. The summed E-state index contributed by atoms with van der Waals surface area (Å²) in [5, 5.41) is 3.48. The monoisotopic (exact) mass is 295 g/mol. The zero-order valence-electron chi connectivity index (χ0n) is 12.8. The van der Waals surface area contributed by atoms with E-state index in [2.05, 4.69) is 26.1 Å². The molecular weight excluding hydrogens is 266 g/mol. The molecular formula is C14H30ClNO3. The molecule has 0 rings (SSSR count). The number of alkyl halides is 1. The van der Waals surface area contributed by atoms with Gasteiger partial charge in [0.1, 0.15) is 0 Å². The van der Waals surface area contributed by atoms with Gasteiger partial charge in [-0.15, -0.1) is 11.6 Å². The molecule has 116 valence electrons. The molecule has 0 aromatic rings. The molecule has 1 unspecified atom stereocenters. The average molecular weight is 296 g/mol. The summed E-state index contributed by atoms with van der Waals surface area (Å²) in [6.07, 6.45) is 1.01. The molecule has 19 heavy (non-hydrogen) atoms. The van der Waals surface area contributed by atoms with Crippen LogP contribution in [0.2, 0.25) is 0 Å². The van der Waals surface area contributed by atoms with Crippen molar-refractivity contribution in [3.8, 4) is 0 Å². The Morgan fingerprint density at radius 2 is 1.58 bits per heavy atom. The lowest BCUT2D eigenvalue weighted by Crippen LogP contribution is -2.29. The van der Waals surface area contributed by atoms with Crippen molar-refractivity contribution >= 4 is 11.6 Å². The molecule has 1 N–H and O–H groups in total. The quantitative estimate of drug-likeness (QED) is 0.443. The number of rotatable bonds is 12. The van der Waals surface area contributed by atoms with Crippen molar-refractivity contribution in [2.24, 2.45) is 5.41 Å². The number of methoxy groups -OCH3 is 1. The second kappa shape index (κ2) is 11.9. The van der Waals surface area contributed by atoms with Crippen LogP contribution >= 0.6 is 11.6 Å². The predicted octanol–water partition coefficient (Wildman–Crippen LogP) is 2.30. The first-order chi connectivity index (χ1) is 8.95. The molecule has 0 radical (unpaired) electrons. The number of ether oxygens (including phenoxy) is 3. The van der Waals surface area contributed by atoms with E-state index in [1.807, 2.05) is 0 Å². The van der Waals surface area contributed by atoms with E-state index in [0.29, 0.717) is 33.0 Å². The van der Waals surface area contributed by atoms with Gasteiger partial charge in [0.05, 0.1) is 33.0 Å². The second-order valence-electron chi connectivity index (χ2n) is 5.78. The summed E-state index contributed by atoms with van der Waals surface area (Å²) in [5.74, 6) is 0. The van der Waals surface area contributed by atoms with Gasteiger partial charge in [0, 0.05) is 25.6 Å². The minimum atomic E-state index is 0.178. The van der Waals surface area contributed by atoms with Gasteiger partial charge in [0.25, 0.3) is 0 Å². The standard InChI is InChI=1S/C14H30ClNO3/c1-14(2,3)11-13(15)12-16-5-6-18-9-10-19-8-7-17-4/h13,16H,5-12H2,1-4H3. The van der Waals surface area contributed by atoms with Gasteiger partial charge in [-0.1, -0.05) is 20.8 Å². The highest BCUT2D eigenvalue weighted by Gasteiger charge is 2.16. The van der Waals surface area contributed by atoms with E-state index in [4.69, 9.17) is 25.8 Å². The van der Waals surface area contributed by atoms with Gasteiger partial charge in [-0.25, -0.2) is 0 Å². The molecule has 0 aromatic heterocycles. The van der Waals surface area contributed by atoms with Crippen LogP contribution in [0, 0.1) is 5.41 Å². The van der Waals surface area contributed by atoms with E-state index in [1.165, 1.54) is 0 Å². The average Bonchev–Trinajstić information content (AvgIpc) is 2.29. The van der Waals surface area contributed by atoms with E-state index < -0.39 is 0 Å². The minimum absolute atomic E-state index is 0.178. The third kappa shape index (κ3) is 16.1. The van der Waals surface area contributed by atoms with Crippen LogP contribution < -0.4 is 5.32 Å². The summed E-state index contributed by atoms with van der Waals surface area (Å²) in [6, 6.07) is 0. The molecule has 0 aliphatic carbocycles. The summed E-state index contributed by atoms with van der Waals surface area (Å²) in [4.78, 5) is 0. The Morgan fingerprint density at radius 1 is 1.00 bits per heavy atom. The van der Waals surface area contributed by atoms with Crippen LogP contribution in [-0.2, 0) is 14.2 Å². The molecule has 4 nitrogen and oxygen atoms in total. The molecule has 0 fully saturated rings. The van der Waals surface area contributed by atoms with Crippen molar-refractivity contribution in [1.82, 2.24) is 5.32 Å². The van der Waals surface area contributed by atoms with Crippen LogP contribution in [0.3, 0.4) is 0 Å². The zero-order chi connectivity index (χ0) is 14.6. The van der Waals surface area contributed by atoms with E-state index in [-0.39, 0.29) is 10.8 Å². The van der Waals surface area contributed by atoms with Gasteiger partial charge in [0.15, 0.2) is 0 Å². The molecule has 0 heterocycles. The maximum atomic E-state index is 6.24. The number of halogens is 1. The van der Waals surface area contributed by atoms with Gasteiger partial charge in [0.2, 0.25) is 0 Å². The Hall–Kier alpha value is 0.130. The summed E-state index contributed by atoms with van der Waals surface area (Å²) in [6.45, 7) is 11.4. The van der Waals surface area contributed by atoms with E-state index in [0.717, 1.165) is 19.5 Å². The van der Waals surface area contributed by atoms with Gasteiger partial charge in [-0.05, 0) is 11.8 Å². The molecule has 0 saturated heterocycles. The summed E-state index contributed by atoms with van der Waals surface area (Å²) in [5.41, 5.74) is 0.282. The van der Waals surface area contributed by atoms with Crippen molar-refractivity contribution in [3.63, 3.8) is 0 Å².